The van der Waals surface area contributed by atoms with Crippen molar-refractivity contribution in [3.8, 4) is 5.69 Å². The molecule has 0 radical (unpaired) electrons. The lowest BCUT2D eigenvalue weighted by Crippen LogP contribution is -2.25. The van der Waals surface area contributed by atoms with Crippen LogP contribution in [0.2, 0.25) is 0 Å². The van der Waals surface area contributed by atoms with Crippen LogP contribution in [0.4, 0.5) is 0 Å². The van der Waals surface area contributed by atoms with Crippen molar-refractivity contribution in [2.75, 3.05) is 6.26 Å². The van der Waals surface area contributed by atoms with E-state index in [1.807, 2.05) is 71.5 Å². The monoisotopic (exact) mass is 323 g/mol. The Labute approximate surface area is 139 Å². The van der Waals surface area contributed by atoms with Gasteiger partial charge in [-0.05, 0) is 24.0 Å². The number of imidazole rings is 1. The first-order valence-corrected chi connectivity index (χ1v) is 8.51. The molecule has 2 aromatic carbocycles. The lowest BCUT2D eigenvalue weighted by molar-refractivity contribution is 0.0943. The minimum atomic E-state index is -0.134. The Morgan fingerprint density at radius 1 is 1.09 bits per heavy atom. The van der Waals surface area contributed by atoms with Gasteiger partial charge in [0.2, 0.25) is 0 Å². The van der Waals surface area contributed by atoms with E-state index in [-0.39, 0.29) is 5.91 Å². The molecule has 0 bridgehead atoms. The summed E-state index contributed by atoms with van der Waals surface area (Å²) in [6, 6.07) is 19.6. The molecule has 0 atom stereocenters. The molecule has 3 aromatic rings. The van der Waals surface area contributed by atoms with Crippen molar-refractivity contribution in [3.63, 3.8) is 0 Å². The van der Waals surface area contributed by atoms with Crippen molar-refractivity contribution < 1.29 is 4.79 Å². The number of nitrogens with one attached hydrogen (secondary N) is 1. The summed E-state index contributed by atoms with van der Waals surface area (Å²) in [6.45, 7) is 0.494. The van der Waals surface area contributed by atoms with E-state index in [2.05, 4.69) is 10.3 Å². The fraction of sp³-hybridized carbons (Fsp3) is 0.111. The number of thioether (sulfide) groups is 1. The van der Waals surface area contributed by atoms with Crippen LogP contribution in [0, 0.1) is 0 Å². The SMILES string of the molecule is CSc1ncc(C(=O)NCc2ccccc2)n1-c1ccccc1. The molecule has 1 heterocycles. The third-order valence-electron chi connectivity index (χ3n) is 3.45. The molecule has 1 aromatic heterocycles. The average Bonchev–Trinajstić information content (AvgIpc) is 3.05. The largest absolute Gasteiger partial charge is 0.347 e. The third kappa shape index (κ3) is 3.46. The Morgan fingerprint density at radius 2 is 1.74 bits per heavy atom. The van der Waals surface area contributed by atoms with Gasteiger partial charge in [0, 0.05) is 12.2 Å². The van der Waals surface area contributed by atoms with Gasteiger partial charge in [-0.3, -0.25) is 9.36 Å². The quantitative estimate of drug-likeness (QED) is 0.731. The summed E-state index contributed by atoms with van der Waals surface area (Å²) in [5.41, 5.74) is 2.53. The number of benzene rings is 2. The molecule has 0 saturated heterocycles. The number of para-hydroxylation sites is 1. The minimum absolute atomic E-state index is 0.134. The van der Waals surface area contributed by atoms with Crippen molar-refractivity contribution in [1.29, 1.82) is 0 Å². The molecule has 0 aliphatic heterocycles. The van der Waals surface area contributed by atoms with Gasteiger partial charge in [0.25, 0.3) is 5.91 Å². The Balaban J connectivity index is 1.85. The highest BCUT2D eigenvalue weighted by atomic mass is 32.2. The van der Waals surface area contributed by atoms with E-state index >= 15 is 0 Å². The van der Waals surface area contributed by atoms with Crippen LogP contribution < -0.4 is 5.32 Å². The molecular formula is C18H17N3OS. The van der Waals surface area contributed by atoms with E-state index < -0.39 is 0 Å². The average molecular weight is 323 g/mol. The third-order valence-corrected chi connectivity index (χ3v) is 4.11. The van der Waals surface area contributed by atoms with Crippen LogP contribution in [0.5, 0.6) is 0 Å². The van der Waals surface area contributed by atoms with Crippen LogP contribution in [0.1, 0.15) is 16.1 Å². The summed E-state index contributed by atoms with van der Waals surface area (Å²) in [6.07, 6.45) is 3.58. The molecule has 0 fully saturated rings. The second-order valence-electron chi connectivity index (χ2n) is 4.97. The van der Waals surface area contributed by atoms with Crippen LogP contribution in [0.3, 0.4) is 0 Å². The van der Waals surface area contributed by atoms with Gasteiger partial charge in [-0.15, -0.1) is 0 Å². The zero-order valence-electron chi connectivity index (χ0n) is 12.8. The van der Waals surface area contributed by atoms with Gasteiger partial charge in [0.05, 0.1) is 6.20 Å². The van der Waals surface area contributed by atoms with Crippen molar-refractivity contribution in [2.45, 2.75) is 11.7 Å². The van der Waals surface area contributed by atoms with E-state index in [0.29, 0.717) is 12.2 Å². The van der Waals surface area contributed by atoms with Crippen LogP contribution in [-0.4, -0.2) is 21.7 Å². The van der Waals surface area contributed by atoms with E-state index in [4.69, 9.17) is 0 Å². The Kier molecular flexibility index (Phi) is 4.78. The van der Waals surface area contributed by atoms with Gasteiger partial charge in [0.15, 0.2) is 5.16 Å². The summed E-state index contributed by atoms with van der Waals surface area (Å²) in [5, 5.41) is 3.75. The molecular weight excluding hydrogens is 306 g/mol. The van der Waals surface area contributed by atoms with E-state index in [1.165, 1.54) is 11.8 Å². The molecule has 116 valence electrons. The van der Waals surface area contributed by atoms with Gasteiger partial charge < -0.3 is 5.32 Å². The number of aromatic nitrogens is 2. The number of nitrogens with zero attached hydrogens (tertiary/aromatic N) is 2. The van der Waals surface area contributed by atoms with Crippen LogP contribution in [0.25, 0.3) is 5.69 Å². The van der Waals surface area contributed by atoms with Crippen LogP contribution >= 0.6 is 11.8 Å². The molecule has 23 heavy (non-hydrogen) atoms. The smallest absolute Gasteiger partial charge is 0.270 e. The number of rotatable bonds is 5. The minimum Gasteiger partial charge on any atom is -0.347 e. The van der Waals surface area contributed by atoms with Crippen molar-refractivity contribution in [1.82, 2.24) is 14.9 Å². The van der Waals surface area contributed by atoms with Crippen molar-refractivity contribution in [3.05, 3.63) is 78.1 Å². The molecule has 1 N–H and O–H groups in total. The van der Waals surface area contributed by atoms with Gasteiger partial charge in [-0.25, -0.2) is 4.98 Å². The van der Waals surface area contributed by atoms with Crippen LogP contribution in [-0.2, 0) is 6.54 Å². The highest BCUT2D eigenvalue weighted by molar-refractivity contribution is 7.98. The molecule has 1 amide bonds. The fourth-order valence-corrected chi connectivity index (χ4v) is 2.88. The molecule has 0 saturated carbocycles. The van der Waals surface area contributed by atoms with E-state index in [0.717, 1.165) is 16.4 Å². The fourth-order valence-electron chi connectivity index (χ4n) is 2.33. The summed E-state index contributed by atoms with van der Waals surface area (Å²) in [7, 11) is 0. The van der Waals surface area contributed by atoms with Gasteiger partial charge in [-0.2, -0.15) is 0 Å². The predicted octanol–water partition coefficient (Wildman–Crippen LogP) is 3.52. The number of carbonyl (C=O) groups is 1. The topological polar surface area (TPSA) is 46.9 Å². The Morgan fingerprint density at radius 3 is 2.39 bits per heavy atom. The summed E-state index contributed by atoms with van der Waals surface area (Å²) in [5.74, 6) is -0.134. The predicted molar refractivity (Wildman–Crippen MR) is 93.0 cm³/mol. The van der Waals surface area contributed by atoms with Crippen molar-refractivity contribution >= 4 is 17.7 Å². The number of hydrogen-bond donors (Lipinski definition) is 1. The van der Waals surface area contributed by atoms with Gasteiger partial charge in [0.1, 0.15) is 5.69 Å². The number of hydrogen-bond acceptors (Lipinski definition) is 3. The molecule has 0 spiro atoms. The zero-order chi connectivity index (χ0) is 16.1. The second kappa shape index (κ2) is 7.15. The lowest BCUT2D eigenvalue weighted by atomic mass is 10.2. The Bertz CT molecular complexity index is 785. The highest BCUT2D eigenvalue weighted by Crippen LogP contribution is 2.21. The number of amides is 1. The molecule has 0 aliphatic rings. The van der Waals surface area contributed by atoms with Crippen molar-refractivity contribution in [2.24, 2.45) is 0 Å². The zero-order valence-corrected chi connectivity index (χ0v) is 13.6. The highest BCUT2D eigenvalue weighted by Gasteiger charge is 2.17. The molecule has 5 heteroatoms. The second-order valence-corrected chi connectivity index (χ2v) is 5.74. The maximum atomic E-state index is 12.6. The number of carbonyl (C=O) groups excluding carboxylic acids is 1. The first-order chi connectivity index (χ1) is 11.3. The van der Waals surface area contributed by atoms with E-state index in [1.54, 1.807) is 6.20 Å². The van der Waals surface area contributed by atoms with Gasteiger partial charge in [-0.1, -0.05) is 60.3 Å². The molecule has 4 nitrogen and oxygen atoms in total. The normalized spacial score (nSPS) is 10.5. The maximum absolute atomic E-state index is 12.6. The van der Waals surface area contributed by atoms with E-state index in [9.17, 15) is 4.79 Å². The first-order valence-electron chi connectivity index (χ1n) is 7.29. The first kappa shape index (κ1) is 15.4. The summed E-state index contributed by atoms with van der Waals surface area (Å²) >= 11 is 1.51. The van der Waals surface area contributed by atoms with Crippen LogP contribution in [0.15, 0.2) is 72.0 Å². The lowest BCUT2D eigenvalue weighted by Gasteiger charge is -2.11. The standard InChI is InChI=1S/C18H17N3OS/c1-23-18-20-13-16(21(18)15-10-6-3-7-11-15)17(22)19-12-14-8-4-2-5-9-14/h2-11,13H,12H2,1H3,(H,19,22). The molecule has 3 rings (SSSR count). The molecule has 0 unspecified atom stereocenters. The summed E-state index contributed by atoms with van der Waals surface area (Å²) in [4.78, 5) is 16.9. The van der Waals surface area contributed by atoms with Gasteiger partial charge >= 0.3 is 0 Å². The summed E-state index contributed by atoms with van der Waals surface area (Å²) < 4.78 is 1.88. The maximum Gasteiger partial charge on any atom is 0.270 e. The molecule has 0 aliphatic carbocycles. The Hall–Kier alpha value is -2.53.